The van der Waals surface area contributed by atoms with Gasteiger partial charge in [-0.3, -0.25) is 9.97 Å². The standard InChI is InChI=1S/C19H13ClN6/c20-13-3-1-2-12(8-13)9-23-19-14-4-5-21-10-15(14)17-18(24-19)16-11-22-6-7-26(16)25-17/h1-8,10-11H,9H2,(H,23,24). The number of hydrogen-bond acceptors (Lipinski definition) is 5. The average molecular weight is 361 g/mol. The van der Waals surface area contributed by atoms with Crippen LogP contribution in [0.1, 0.15) is 5.56 Å². The second-order valence-corrected chi connectivity index (χ2v) is 6.40. The van der Waals surface area contributed by atoms with E-state index in [-0.39, 0.29) is 0 Å². The van der Waals surface area contributed by atoms with Crippen LogP contribution >= 0.6 is 11.6 Å². The molecule has 5 rings (SSSR count). The minimum absolute atomic E-state index is 0.619. The highest BCUT2D eigenvalue weighted by molar-refractivity contribution is 6.30. The SMILES string of the molecule is Clc1cccc(CNc2nc3c(nn4ccncc34)c3cnccc23)c1. The van der Waals surface area contributed by atoms with E-state index in [0.717, 1.165) is 43.7 Å². The van der Waals surface area contributed by atoms with Gasteiger partial charge >= 0.3 is 0 Å². The van der Waals surface area contributed by atoms with Gasteiger partial charge in [0.05, 0.1) is 6.20 Å². The fraction of sp³-hybridized carbons (Fsp3) is 0.0526. The van der Waals surface area contributed by atoms with Crippen LogP contribution in [-0.4, -0.2) is 24.6 Å². The van der Waals surface area contributed by atoms with Crippen LogP contribution in [0.4, 0.5) is 5.82 Å². The lowest BCUT2D eigenvalue weighted by Crippen LogP contribution is -2.02. The lowest BCUT2D eigenvalue weighted by atomic mass is 10.1. The minimum Gasteiger partial charge on any atom is -0.365 e. The molecule has 0 aliphatic rings. The predicted octanol–water partition coefficient (Wildman–Crippen LogP) is 4.09. The summed E-state index contributed by atoms with van der Waals surface area (Å²) >= 11 is 6.08. The number of rotatable bonds is 3. The highest BCUT2D eigenvalue weighted by Crippen LogP contribution is 2.30. The molecule has 6 nitrogen and oxygen atoms in total. The van der Waals surface area contributed by atoms with Gasteiger partial charge in [-0.25, -0.2) is 9.50 Å². The first-order chi connectivity index (χ1) is 12.8. The molecule has 0 saturated heterocycles. The highest BCUT2D eigenvalue weighted by atomic mass is 35.5. The van der Waals surface area contributed by atoms with Crippen LogP contribution in [0, 0.1) is 0 Å². The Hall–Kier alpha value is -3.25. The van der Waals surface area contributed by atoms with E-state index >= 15 is 0 Å². The zero-order valence-corrected chi connectivity index (χ0v) is 14.4. The Labute approximate surface area is 153 Å². The monoisotopic (exact) mass is 360 g/mol. The van der Waals surface area contributed by atoms with Gasteiger partial charge in [0.1, 0.15) is 22.4 Å². The molecule has 0 fully saturated rings. The van der Waals surface area contributed by atoms with E-state index in [4.69, 9.17) is 16.6 Å². The van der Waals surface area contributed by atoms with Crippen LogP contribution in [0.3, 0.4) is 0 Å². The molecule has 0 saturated carbocycles. The number of hydrogen-bond donors (Lipinski definition) is 1. The molecule has 0 bridgehead atoms. The Morgan fingerprint density at radius 3 is 2.85 bits per heavy atom. The fourth-order valence-electron chi connectivity index (χ4n) is 3.11. The first-order valence-electron chi connectivity index (χ1n) is 8.14. The van der Waals surface area contributed by atoms with Crippen molar-refractivity contribution in [3.8, 4) is 0 Å². The van der Waals surface area contributed by atoms with Crippen molar-refractivity contribution < 1.29 is 0 Å². The lowest BCUT2D eigenvalue weighted by Gasteiger charge is -2.09. The number of benzene rings is 1. The molecule has 5 aromatic rings. The van der Waals surface area contributed by atoms with Crippen LogP contribution in [0.5, 0.6) is 0 Å². The van der Waals surface area contributed by atoms with Gasteiger partial charge in [0.2, 0.25) is 0 Å². The number of aromatic nitrogens is 5. The third-order valence-corrected chi connectivity index (χ3v) is 4.55. The van der Waals surface area contributed by atoms with Crippen LogP contribution < -0.4 is 5.32 Å². The number of halogens is 1. The average Bonchev–Trinajstić information content (AvgIpc) is 3.05. The van der Waals surface area contributed by atoms with E-state index in [2.05, 4.69) is 20.4 Å². The van der Waals surface area contributed by atoms with Crippen molar-refractivity contribution in [2.45, 2.75) is 6.54 Å². The largest absolute Gasteiger partial charge is 0.365 e. The van der Waals surface area contributed by atoms with Crippen LogP contribution in [0.25, 0.3) is 27.3 Å². The maximum absolute atomic E-state index is 6.08. The van der Waals surface area contributed by atoms with E-state index < -0.39 is 0 Å². The molecule has 0 aliphatic carbocycles. The van der Waals surface area contributed by atoms with E-state index in [0.29, 0.717) is 6.54 Å². The zero-order valence-electron chi connectivity index (χ0n) is 13.6. The summed E-state index contributed by atoms with van der Waals surface area (Å²) in [5, 5.41) is 10.7. The molecule has 0 amide bonds. The first-order valence-corrected chi connectivity index (χ1v) is 8.51. The molecule has 126 valence electrons. The van der Waals surface area contributed by atoms with E-state index in [1.807, 2.05) is 42.7 Å². The van der Waals surface area contributed by atoms with Crippen molar-refractivity contribution in [2.24, 2.45) is 0 Å². The molecule has 0 radical (unpaired) electrons. The van der Waals surface area contributed by atoms with Crippen LogP contribution in [0.15, 0.2) is 61.3 Å². The molecule has 26 heavy (non-hydrogen) atoms. The number of nitrogens with zero attached hydrogens (tertiary/aromatic N) is 5. The number of fused-ring (bicyclic) bond motifs is 5. The van der Waals surface area contributed by atoms with Crippen molar-refractivity contribution in [2.75, 3.05) is 5.32 Å². The molecule has 4 heterocycles. The van der Waals surface area contributed by atoms with Crippen molar-refractivity contribution in [1.82, 2.24) is 24.6 Å². The first kappa shape index (κ1) is 15.0. The Morgan fingerprint density at radius 2 is 1.92 bits per heavy atom. The number of nitrogens with one attached hydrogen (secondary N) is 1. The van der Waals surface area contributed by atoms with Gasteiger partial charge < -0.3 is 5.32 Å². The summed E-state index contributed by atoms with van der Waals surface area (Å²) in [4.78, 5) is 13.3. The van der Waals surface area contributed by atoms with Gasteiger partial charge in [0.15, 0.2) is 0 Å². The highest BCUT2D eigenvalue weighted by Gasteiger charge is 2.14. The fourth-order valence-corrected chi connectivity index (χ4v) is 3.32. The maximum atomic E-state index is 6.08. The summed E-state index contributed by atoms with van der Waals surface area (Å²) in [5.41, 5.74) is 3.56. The predicted molar refractivity (Wildman–Crippen MR) is 102 cm³/mol. The van der Waals surface area contributed by atoms with E-state index in [9.17, 15) is 0 Å². The summed E-state index contributed by atoms with van der Waals surface area (Å²) in [6.45, 7) is 0.619. The quantitative estimate of drug-likeness (QED) is 0.525. The molecular formula is C19H13ClN6. The van der Waals surface area contributed by atoms with Gasteiger partial charge in [0.25, 0.3) is 0 Å². The van der Waals surface area contributed by atoms with Crippen molar-refractivity contribution >= 4 is 44.7 Å². The molecule has 1 N–H and O–H groups in total. The molecular weight excluding hydrogens is 348 g/mol. The molecule has 7 heteroatoms. The van der Waals surface area contributed by atoms with Crippen molar-refractivity contribution in [1.29, 1.82) is 0 Å². The van der Waals surface area contributed by atoms with Gasteiger partial charge in [-0.15, -0.1) is 0 Å². The summed E-state index contributed by atoms with van der Waals surface area (Å²) in [6.07, 6.45) is 8.88. The second kappa shape index (κ2) is 5.93. The summed E-state index contributed by atoms with van der Waals surface area (Å²) in [5.74, 6) is 0.786. The number of anilines is 1. The molecule has 0 spiro atoms. The Morgan fingerprint density at radius 1 is 1.00 bits per heavy atom. The minimum atomic E-state index is 0.619. The maximum Gasteiger partial charge on any atom is 0.135 e. The molecule has 0 aliphatic heterocycles. The smallest absolute Gasteiger partial charge is 0.135 e. The third-order valence-electron chi connectivity index (χ3n) is 4.32. The van der Waals surface area contributed by atoms with Gasteiger partial charge in [-0.05, 0) is 23.8 Å². The van der Waals surface area contributed by atoms with Crippen molar-refractivity contribution in [3.05, 3.63) is 71.9 Å². The van der Waals surface area contributed by atoms with E-state index in [1.165, 1.54) is 0 Å². The summed E-state index contributed by atoms with van der Waals surface area (Å²) in [6, 6.07) is 9.72. The zero-order chi connectivity index (χ0) is 17.5. The molecule has 0 unspecified atom stereocenters. The molecule has 0 atom stereocenters. The van der Waals surface area contributed by atoms with Crippen LogP contribution in [-0.2, 0) is 6.54 Å². The van der Waals surface area contributed by atoms with E-state index in [1.54, 1.807) is 23.1 Å². The summed E-state index contributed by atoms with van der Waals surface area (Å²) < 4.78 is 1.79. The Bertz CT molecular complexity index is 1260. The van der Waals surface area contributed by atoms with Gasteiger partial charge in [-0.1, -0.05) is 23.7 Å². The Balaban J connectivity index is 1.68. The number of pyridine rings is 2. The Kier molecular flexibility index (Phi) is 3.43. The van der Waals surface area contributed by atoms with Crippen LogP contribution in [0.2, 0.25) is 5.02 Å². The van der Waals surface area contributed by atoms with Crippen molar-refractivity contribution in [3.63, 3.8) is 0 Å². The van der Waals surface area contributed by atoms with Gasteiger partial charge in [-0.2, -0.15) is 5.10 Å². The third kappa shape index (κ3) is 2.43. The molecule has 1 aromatic carbocycles. The molecule has 4 aromatic heterocycles. The second-order valence-electron chi connectivity index (χ2n) is 5.97. The topological polar surface area (TPSA) is 68.0 Å². The lowest BCUT2D eigenvalue weighted by molar-refractivity contribution is 0.965. The summed E-state index contributed by atoms with van der Waals surface area (Å²) in [7, 11) is 0. The van der Waals surface area contributed by atoms with Gasteiger partial charge in [0, 0.05) is 47.1 Å². The normalized spacial score (nSPS) is 11.4.